The van der Waals surface area contributed by atoms with Crippen LogP contribution in [0.5, 0.6) is 17.2 Å². The number of rotatable bonds is 6. The third-order valence-corrected chi connectivity index (χ3v) is 5.82. The van der Waals surface area contributed by atoms with Gasteiger partial charge in [0.05, 0.1) is 33.0 Å². The first-order valence-corrected chi connectivity index (χ1v) is 10.2. The average Bonchev–Trinajstić information content (AvgIpc) is 2.78. The Kier molecular flexibility index (Phi) is 6.26. The minimum Gasteiger partial charge on any atom is -0.507 e. The van der Waals surface area contributed by atoms with Gasteiger partial charge in [0.1, 0.15) is 12.0 Å². The average molecular weight is 416 g/mol. The predicted molar refractivity (Wildman–Crippen MR) is 110 cm³/mol. The van der Waals surface area contributed by atoms with E-state index in [-0.39, 0.29) is 5.75 Å². The van der Waals surface area contributed by atoms with Crippen molar-refractivity contribution in [2.75, 3.05) is 47.1 Å². The van der Waals surface area contributed by atoms with E-state index >= 15 is 0 Å². The zero-order valence-electron chi connectivity index (χ0n) is 17.5. The standard InChI is InChI=1S/C22H28N2O6/c1-27-19-9-15-3-4-24(11-16(15)10-20(19)28-2)12-17-14-30-22(26)18(21(17)25)13-23-5-7-29-8-6-23/h9-10,14,25H,3-8,11-13H2,1-2H3. The summed E-state index contributed by atoms with van der Waals surface area (Å²) in [5, 5.41) is 10.8. The summed E-state index contributed by atoms with van der Waals surface area (Å²) in [7, 11) is 3.27. The third kappa shape index (κ3) is 4.30. The van der Waals surface area contributed by atoms with Gasteiger partial charge in [-0.25, -0.2) is 4.79 Å². The van der Waals surface area contributed by atoms with E-state index in [0.29, 0.717) is 49.7 Å². The van der Waals surface area contributed by atoms with Gasteiger partial charge in [-0.2, -0.15) is 0 Å². The molecule has 0 radical (unpaired) electrons. The molecule has 0 atom stereocenters. The molecular weight excluding hydrogens is 388 g/mol. The Morgan fingerprint density at radius 2 is 1.70 bits per heavy atom. The van der Waals surface area contributed by atoms with Gasteiger partial charge in [-0.3, -0.25) is 9.80 Å². The number of fused-ring (bicyclic) bond motifs is 1. The molecule has 0 amide bonds. The molecule has 162 valence electrons. The fraction of sp³-hybridized carbons (Fsp3) is 0.500. The molecule has 2 aromatic rings. The van der Waals surface area contributed by atoms with Crippen LogP contribution in [0.2, 0.25) is 0 Å². The molecule has 2 aliphatic rings. The Morgan fingerprint density at radius 1 is 1.00 bits per heavy atom. The summed E-state index contributed by atoms with van der Waals surface area (Å²) in [4.78, 5) is 16.5. The SMILES string of the molecule is COc1cc2c(cc1OC)CN(Cc1coc(=O)c(CN3CCOCC3)c1O)CC2. The van der Waals surface area contributed by atoms with Gasteiger partial charge < -0.3 is 23.7 Å². The van der Waals surface area contributed by atoms with Crippen LogP contribution in [0, 0.1) is 0 Å². The molecule has 1 saturated heterocycles. The maximum absolute atomic E-state index is 12.2. The topological polar surface area (TPSA) is 84.6 Å². The summed E-state index contributed by atoms with van der Waals surface area (Å²) in [6.07, 6.45) is 2.25. The quantitative estimate of drug-likeness (QED) is 0.763. The van der Waals surface area contributed by atoms with Crippen LogP contribution in [0.1, 0.15) is 22.3 Å². The fourth-order valence-corrected chi connectivity index (χ4v) is 4.09. The van der Waals surface area contributed by atoms with Gasteiger partial charge in [-0.15, -0.1) is 0 Å². The first-order chi connectivity index (χ1) is 14.6. The second-order valence-electron chi connectivity index (χ2n) is 7.70. The Morgan fingerprint density at radius 3 is 2.40 bits per heavy atom. The van der Waals surface area contributed by atoms with Gasteiger partial charge in [0, 0.05) is 44.8 Å². The Hall–Kier alpha value is -2.55. The van der Waals surface area contributed by atoms with Crippen LogP contribution in [-0.2, 0) is 30.8 Å². The van der Waals surface area contributed by atoms with Crippen molar-refractivity contribution in [1.82, 2.24) is 9.80 Å². The second-order valence-corrected chi connectivity index (χ2v) is 7.70. The van der Waals surface area contributed by atoms with Gasteiger partial charge in [-0.05, 0) is 29.7 Å². The lowest BCUT2D eigenvalue weighted by atomic mass is 9.98. The van der Waals surface area contributed by atoms with E-state index in [0.717, 1.165) is 31.8 Å². The Labute approximate surface area is 175 Å². The lowest BCUT2D eigenvalue weighted by molar-refractivity contribution is 0.0333. The molecule has 3 heterocycles. The van der Waals surface area contributed by atoms with Gasteiger partial charge in [-0.1, -0.05) is 0 Å². The summed E-state index contributed by atoms with van der Waals surface area (Å²) in [5.74, 6) is 1.48. The molecule has 1 N–H and O–H groups in total. The van der Waals surface area contributed by atoms with Crippen molar-refractivity contribution >= 4 is 0 Å². The lowest BCUT2D eigenvalue weighted by Gasteiger charge is -2.30. The molecule has 1 aromatic heterocycles. The minimum absolute atomic E-state index is 0.0378. The van der Waals surface area contributed by atoms with E-state index in [2.05, 4.69) is 9.80 Å². The number of ether oxygens (including phenoxy) is 3. The predicted octanol–water partition coefficient (Wildman–Crippen LogP) is 1.75. The zero-order chi connectivity index (χ0) is 21.1. The smallest absolute Gasteiger partial charge is 0.343 e. The lowest BCUT2D eigenvalue weighted by Crippen LogP contribution is -2.37. The molecule has 30 heavy (non-hydrogen) atoms. The van der Waals surface area contributed by atoms with Crippen molar-refractivity contribution in [2.24, 2.45) is 0 Å². The molecule has 0 aliphatic carbocycles. The molecule has 2 aliphatic heterocycles. The Balaban J connectivity index is 1.51. The zero-order valence-corrected chi connectivity index (χ0v) is 17.5. The highest BCUT2D eigenvalue weighted by atomic mass is 16.5. The fourth-order valence-electron chi connectivity index (χ4n) is 4.09. The normalized spacial score (nSPS) is 17.5. The van der Waals surface area contributed by atoms with Gasteiger partial charge in [0.25, 0.3) is 0 Å². The maximum Gasteiger partial charge on any atom is 0.343 e. The van der Waals surface area contributed by atoms with E-state index in [4.69, 9.17) is 18.6 Å². The highest BCUT2D eigenvalue weighted by Crippen LogP contribution is 2.34. The highest BCUT2D eigenvalue weighted by molar-refractivity contribution is 5.48. The molecule has 0 saturated carbocycles. The van der Waals surface area contributed by atoms with Crippen molar-refractivity contribution < 1.29 is 23.7 Å². The van der Waals surface area contributed by atoms with E-state index in [1.807, 2.05) is 12.1 Å². The van der Waals surface area contributed by atoms with E-state index in [9.17, 15) is 9.90 Å². The molecule has 8 nitrogen and oxygen atoms in total. The number of nitrogens with zero attached hydrogens (tertiary/aromatic N) is 2. The van der Waals surface area contributed by atoms with Crippen molar-refractivity contribution in [3.8, 4) is 17.2 Å². The second kappa shape index (κ2) is 9.07. The van der Waals surface area contributed by atoms with E-state index in [1.165, 1.54) is 17.4 Å². The number of methoxy groups -OCH3 is 2. The first kappa shape index (κ1) is 20.7. The number of aromatic hydroxyl groups is 1. The van der Waals surface area contributed by atoms with Crippen molar-refractivity contribution in [1.29, 1.82) is 0 Å². The summed E-state index contributed by atoms with van der Waals surface area (Å²) in [6, 6.07) is 4.04. The maximum atomic E-state index is 12.2. The molecule has 0 bridgehead atoms. The van der Waals surface area contributed by atoms with Crippen molar-refractivity contribution in [3.63, 3.8) is 0 Å². The van der Waals surface area contributed by atoms with Gasteiger partial charge in [0.15, 0.2) is 11.5 Å². The van der Waals surface area contributed by atoms with Crippen LogP contribution in [0.15, 0.2) is 27.6 Å². The van der Waals surface area contributed by atoms with Gasteiger partial charge >= 0.3 is 5.63 Å². The number of hydrogen-bond donors (Lipinski definition) is 1. The third-order valence-electron chi connectivity index (χ3n) is 5.82. The van der Waals surface area contributed by atoms with Crippen LogP contribution in [-0.4, -0.2) is 62.0 Å². The molecule has 1 aromatic carbocycles. The van der Waals surface area contributed by atoms with Gasteiger partial charge in [0.2, 0.25) is 0 Å². The summed E-state index contributed by atoms with van der Waals surface area (Å²) >= 11 is 0. The number of benzene rings is 1. The Bertz CT molecular complexity index is 951. The summed E-state index contributed by atoms with van der Waals surface area (Å²) in [6.45, 7) is 5.15. The summed E-state index contributed by atoms with van der Waals surface area (Å²) in [5.41, 5.74) is 2.87. The molecule has 1 fully saturated rings. The number of morpholine rings is 1. The van der Waals surface area contributed by atoms with Crippen LogP contribution in [0.3, 0.4) is 0 Å². The molecule has 8 heteroatoms. The monoisotopic (exact) mass is 416 g/mol. The van der Waals surface area contributed by atoms with Crippen molar-refractivity contribution in [2.45, 2.75) is 26.1 Å². The van der Waals surface area contributed by atoms with Crippen LogP contribution in [0.4, 0.5) is 0 Å². The number of hydrogen-bond acceptors (Lipinski definition) is 8. The van der Waals surface area contributed by atoms with E-state index < -0.39 is 5.63 Å². The minimum atomic E-state index is -0.483. The molecule has 0 unspecified atom stereocenters. The van der Waals surface area contributed by atoms with Crippen molar-refractivity contribution in [3.05, 3.63) is 51.1 Å². The highest BCUT2D eigenvalue weighted by Gasteiger charge is 2.23. The molecule has 4 rings (SSSR count). The van der Waals surface area contributed by atoms with Crippen LogP contribution >= 0.6 is 0 Å². The molecular formula is C22H28N2O6. The first-order valence-electron chi connectivity index (χ1n) is 10.2. The van der Waals surface area contributed by atoms with E-state index in [1.54, 1.807) is 14.2 Å². The summed E-state index contributed by atoms with van der Waals surface area (Å²) < 4.78 is 21.4. The van der Waals surface area contributed by atoms with Crippen LogP contribution in [0.25, 0.3) is 0 Å². The largest absolute Gasteiger partial charge is 0.507 e. The van der Waals surface area contributed by atoms with Crippen LogP contribution < -0.4 is 15.1 Å². The molecule has 0 spiro atoms.